The third-order valence-electron chi connectivity index (χ3n) is 3.54. The van der Waals surface area contributed by atoms with Gasteiger partial charge in [-0.25, -0.2) is 0 Å². The first-order valence-corrected chi connectivity index (χ1v) is 10.2. The summed E-state index contributed by atoms with van der Waals surface area (Å²) in [4.78, 5) is 1.28. The number of rotatable bonds is 6. The first kappa shape index (κ1) is 20.3. The Labute approximate surface area is 157 Å². The molecule has 0 radical (unpaired) electrons. The van der Waals surface area contributed by atoms with Gasteiger partial charge in [-0.15, -0.1) is 11.3 Å². The average Bonchev–Trinajstić information content (AvgIpc) is 3.12. The smallest absolute Gasteiger partial charge is 0.394 e. The number of hydrogen-bond acceptors (Lipinski definition) is 5. The largest absolute Gasteiger partial charge is 0.484 e. The summed E-state index contributed by atoms with van der Waals surface area (Å²) in [7, 11) is -2.69. The molecule has 0 aliphatic carbocycles. The minimum Gasteiger partial charge on any atom is -0.484 e. The number of fused-ring (bicyclic) bond motifs is 1. The summed E-state index contributed by atoms with van der Waals surface area (Å²) in [5.41, 5.74) is 0. The zero-order valence-electron chi connectivity index (χ0n) is 14.2. The van der Waals surface area contributed by atoms with Gasteiger partial charge in [0.05, 0.1) is 0 Å². The van der Waals surface area contributed by atoms with E-state index in [1.54, 1.807) is 11.3 Å². The van der Waals surface area contributed by atoms with E-state index in [0.29, 0.717) is 0 Å². The van der Waals surface area contributed by atoms with Gasteiger partial charge in [0.15, 0.2) is 0 Å². The Bertz CT molecular complexity index is 897. The van der Waals surface area contributed by atoms with Crippen molar-refractivity contribution in [2.45, 2.75) is 12.5 Å². The fraction of sp³-hybridized carbons (Fsp3) is 0.222. The first-order chi connectivity index (χ1) is 12.4. The third-order valence-corrected chi connectivity index (χ3v) is 4.50. The topological polar surface area (TPSA) is 95.9 Å². The van der Waals surface area contributed by atoms with Crippen LogP contribution in [0.2, 0.25) is 0 Å². The lowest BCUT2D eigenvalue weighted by molar-refractivity contribution is 0.201. The summed E-state index contributed by atoms with van der Waals surface area (Å²) >= 11 is 1.75. The summed E-state index contributed by atoms with van der Waals surface area (Å²) in [6, 6.07) is 18.8. The zero-order valence-corrected chi connectivity index (χ0v) is 15.8. The highest BCUT2D eigenvalue weighted by Gasteiger charge is 2.15. The second kappa shape index (κ2) is 9.65. The molecule has 140 valence electrons. The van der Waals surface area contributed by atoms with E-state index < -0.39 is 10.4 Å². The molecule has 0 saturated carbocycles. The van der Waals surface area contributed by atoms with E-state index in [-0.39, 0.29) is 6.10 Å². The molecule has 3 rings (SSSR count). The van der Waals surface area contributed by atoms with Crippen molar-refractivity contribution >= 4 is 32.5 Å². The molecule has 0 spiro atoms. The van der Waals surface area contributed by atoms with Gasteiger partial charge >= 0.3 is 10.4 Å². The van der Waals surface area contributed by atoms with E-state index in [2.05, 4.69) is 65.3 Å². The van der Waals surface area contributed by atoms with Crippen molar-refractivity contribution in [2.24, 2.45) is 0 Å². The third kappa shape index (κ3) is 6.74. The Balaban J connectivity index is 0.000000431. The number of thiophene rings is 1. The van der Waals surface area contributed by atoms with Gasteiger partial charge in [0.25, 0.3) is 0 Å². The predicted octanol–water partition coefficient (Wildman–Crippen LogP) is 3.98. The van der Waals surface area contributed by atoms with Crippen LogP contribution in [0.1, 0.15) is 17.4 Å². The Morgan fingerprint density at radius 2 is 1.77 bits per heavy atom. The van der Waals surface area contributed by atoms with E-state index in [0.717, 1.165) is 18.7 Å². The maximum atomic E-state index is 8.74. The fourth-order valence-electron chi connectivity index (χ4n) is 2.46. The standard InChI is InChI=1S/C18H19NOS.H2O4S/c1-19-12-11-17(18-10-5-13-21-18)20-16-9-4-7-14-6-2-3-8-15(14)16;1-5(2,3)4/h2-10,13,17,19H,11-12H2,1H3;(H2,1,2,3,4)/t17-;/m0./s1. The van der Waals surface area contributed by atoms with Crippen LogP contribution in [0.5, 0.6) is 5.75 Å². The van der Waals surface area contributed by atoms with Crippen molar-refractivity contribution < 1.29 is 22.3 Å². The van der Waals surface area contributed by atoms with Gasteiger partial charge in [0.2, 0.25) is 0 Å². The van der Waals surface area contributed by atoms with Crippen LogP contribution in [0.15, 0.2) is 60.0 Å². The molecular weight excluding hydrogens is 374 g/mol. The molecule has 1 aromatic heterocycles. The number of nitrogens with one attached hydrogen (secondary N) is 1. The molecule has 3 N–H and O–H groups in total. The molecule has 1 atom stereocenters. The SMILES string of the molecule is CNCC[C@H](Oc1cccc2ccccc12)c1cccs1.O=S(=O)(O)O. The Hall–Kier alpha value is -1.97. The highest BCUT2D eigenvalue weighted by Crippen LogP contribution is 2.32. The number of benzene rings is 2. The van der Waals surface area contributed by atoms with E-state index in [1.165, 1.54) is 15.6 Å². The van der Waals surface area contributed by atoms with Gasteiger partial charge in [-0.05, 0) is 36.5 Å². The van der Waals surface area contributed by atoms with Crippen LogP contribution in [0.4, 0.5) is 0 Å². The van der Waals surface area contributed by atoms with Crippen LogP contribution < -0.4 is 10.1 Å². The summed E-state index contributed by atoms with van der Waals surface area (Å²) in [6.07, 6.45) is 1.06. The molecule has 1 heterocycles. The molecule has 3 aromatic rings. The maximum absolute atomic E-state index is 8.74. The maximum Gasteiger partial charge on any atom is 0.394 e. The lowest BCUT2D eigenvalue weighted by Gasteiger charge is -2.19. The molecule has 0 aliphatic rings. The normalized spacial score (nSPS) is 12.3. The number of hydrogen-bond donors (Lipinski definition) is 3. The molecule has 0 unspecified atom stereocenters. The summed E-state index contributed by atoms with van der Waals surface area (Å²) in [5, 5.41) is 7.70. The second-order valence-electron chi connectivity index (χ2n) is 5.44. The molecule has 8 heteroatoms. The molecule has 0 fully saturated rings. The van der Waals surface area contributed by atoms with Crippen LogP contribution in [0.25, 0.3) is 10.8 Å². The molecule has 6 nitrogen and oxygen atoms in total. The van der Waals surface area contributed by atoms with Crippen molar-refractivity contribution in [3.05, 3.63) is 64.9 Å². The quantitative estimate of drug-likeness (QED) is 0.547. The van der Waals surface area contributed by atoms with E-state index in [4.69, 9.17) is 22.3 Å². The van der Waals surface area contributed by atoms with E-state index in [1.807, 2.05) is 7.05 Å². The van der Waals surface area contributed by atoms with Gasteiger partial charge in [0.1, 0.15) is 11.9 Å². The van der Waals surface area contributed by atoms with Crippen LogP contribution in [-0.4, -0.2) is 31.1 Å². The van der Waals surface area contributed by atoms with Crippen molar-refractivity contribution in [1.82, 2.24) is 5.32 Å². The monoisotopic (exact) mass is 395 g/mol. The van der Waals surface area contributed by atoms with Crippen LogP contribution in [0.3, 0.4) is 0 Å². The van der Waals surface area contributed by atoms with Crippen LogP contribution in [-0.2, 0) is 10.4 Å². The van der Waals surface area contributed by atoms with Gasteiger partial charge in [-0.1, -0.05) is 42.5 Å². The van der Waals surface area contributed by atoms with Crippen LogP contribution in [0, 0.1) is 0 Å². The Morgan fingerprint density at radius 1 is 1.08 bits per heavy atom. The van der Waals surface area contributed by atoms with E-state index >= 15 is 0 Å². The van der Waals surface area contributed by atoms with Crippen molar-refractivity contribution in [3.63, 3.8) is 0 Å². The predicted molar refractivity (Wildman–Crippen MR) is 104 cm³/mol. The Kier molecular flexibility index (Phi) is 7.55. The summed E-state index contributed by atoms with van der Waals surface area (Å²) in [5.74, 6) is 0.961. The average molecular weight is 396 g/mol. The summed E-state index contributed by atoms with van der Waals surface area (Å²) < 4.78 is 37.9. The first-order valence-electron chi connectivity index (χ1n) is 7.91. The number of ether oxygens (including phenoxy) is 1. The van der Waals surface area contributed by atoms with Gasteiger partial charge in [0, 0.05) is 16.7 Å². The minimum absolute atomic E-state index is 0.100. The highest BCUT2D eigenvalue weighted by atomic mass is 32.3. The molecule has 2 aromatic carbocycles. The van der Waals surface area contributed by atoms with Gasteiger partial charge in [-0.3, -0.25) is 9.11 Å². The van der Waals surface area contributed by atoms with Crippen LogP contribution >= 0.6 is 11.3 Å². The molecule has 26 heavy (non-hydrogen) atoms. The molecule has 0 saturated heterocycles. The second-order valence-corrected chi connectivity index (χ2v) is 7.31. The summed E-state index contributed by atoms with van der Waals surface area (Å²) in [6.45, 7) is 0.938. The zero-order chi connectivity index (χ0) is 19.0. The van der Waals surface area contributed by atoms with Crippen molar-refractivity contribution in [3.8, 4) is 5.75 Å². The van der Waals surface area contributed by atoms with E-state index in [9.17, 15) is 0 Å². The van der Waals surface area contributed by atoms with Gasteiger partial charge < -0.3 is 10.1 Å². The minimum atomic E-state index is -4.67. The van der Waals surface area contributed by atoms with Gasteiger partial charge in [-0.2, -0.15) is 8.42 Å². The Morgan fingerprint density at radius 3 is 2.42 bits per heavy atom. The molecule has 0 aliphatic heterocycles. The van der Waals surface area contributed by atoms with Crippen molar-refractivity contribution in [1.29, 1.82) is 0 Å². The molecule has 0 amide bonds. The van der Waals surface area contributed by atoms with Crippen molar-refractivity contribution in [2.75, 3.05) is 13.6 Å². The highest BCUT2D eigenvalue weighted by molar-refractivity contribution is 7.79. The molecule has 0 bridgehead atoms. The molecular formula is C18H21NO5S2. The lowest BCUT2D eigenvalue weighted by atomic mass is 10.1. The fourth-order valence-corrected chi connectivity index (χ4v) is 3.25. The lowest BCUT2D eigenvalue weighted by Crippen LogP contribution is -2.15.